The average molecular weight is 1060 g/mol. The van der Waals surface area contributed by atoms with Crippen LogP contribution in [0, 0.1) is 22.7 Å². The zero-order valence-corrected chi connectivity index (χ0v) is 45.1. The van der Waals surface area contributed by atoms with Gasteiger partial charge in [-0.3, -0.25) is 0 Å². The van der Waals surface area contributed by atoms with E-state index in [1.807, 2.05) is 78.9 Å². The molecule has 0 unspecified atom stereocenters. The molecule has 17 rings (SSSR count). The van der Waals surface area contributed by atoms with Crippen LogP contribution in [0.3, 0.4) is 0 Å². The Bertz CT molecular complexity index is 5310. The van der Waals surface area contributed by atoms with Crippen molar-refractivity contribution in [2.24, 2.45) is 0 Å². The lowest BCUT2D eigenvalue weighted by Gasteiger charge is -2.47. The third kappa shape index (κ3) is 6.31. The fraction of sp³-hybridized carbons (Fsp3) is 0.0526. The number of benzene rings is 12. The number of furan rings is 3. The van der Waals surface area contributed by atoms with Gasteiger partial charge in [0.05, 0.1) is 56.8 Å². The van der Waals surface area contributed by atoms with Crippen molar-refractivity contribution in [1.29, 1.82) is 10.5 Å². The topological polar surface area (TPSA) is 93.5 Å². The summed E-state index contributed by atoms with van der Waals surface area (Å²) >= 11 is 0. The summed E-state index contributed by atoms with van der Waals surface area (Å²) in [5, 5.41) is 28.5. The molecule has 0 saturated heterocycles. The van der Waals surface area contributed by atoms with E-state index in [0.717, 1.165) is 133 Å². The Morgan fingerprint density at radius 1 is 0.325 bits per heavy atom. The first-order valence-corrected chi connectivity index (χ1v) is 28.0. The molecular formula is C76H46N4O3. The van der Waals surface area contributed by atoms with Crippen molar-refractivity contribution in [3.05, 3.63) is 287 Å². The van der Waals surface area contributed by atoms with E-state index in [1.165, 1.54) is 22.3 Å². The Labute approximate surface area is 476 Å². The Morgan fingerprint density at radius 3 is 1.25 bits per heavy atom. The number of anilines is 6. The highest BCUT2D eigenvalue weighted by Crippen LogP contribution is 2.67. The highest BCUT2D eigenvalue weighted by molar-refractivity contribution is 6.24. The van der Waals surface area contributed by atoms with Gasteiger partial charge in [-0.2, -0.15) is 10.5 Å². The first-order valence-electron chi connectivity index (χ1n) is 28.0. The monoisotopic (exact) mass is 1060 g/mol. The predicted octanol–water partition coefficient (Wildman–Crippen LogP) is 20.2. The largest absolute Gasteiger partial charge is 0.455 e. The first-order chi connectivity index (χ1) is 40.8. The number of para-hydroxylation sites is 5. The van der Waals surface area contributed by atoms with Gasteiger partial charge in [0.25, 0.3) is 0 Å². The van der Waals surface area contributed by atoms with E-state index in [4.69, 9.17) is 13.3 Å². The van der Waals surface area contributed by atoms with E-state index in [-0.39, 0.29) is 0 Å². The summed E-state index contributed by atoms with van der Waals surface area (Å²) in [5.41, 5.74) is 18.8. The highest BCUT2D eigenvalue weighted by Gasteiger charge is 2.55. The quantitative estimate of drug-likeness (QED) is 0.164. The van der Waals surface area contributed by atoms with Gasteiger partial charge in [-0.15, -0.1) is 0 Å². The predicted molar refractivity (Wildman–Crippen MR) is 334 cm³/mol. The van der Waals surface area contributed by atoms with Crippen LogP contribution in [0.2, 0.25) is 0 Å². The molecule has 12 aromatic carbocycles. The van der Waals surface area contributed by atoms with Gasteiger partial charge < -0.3 is 23.1 Å². The lowest BCUT2D eigenvalue weighted by molar-refractivity contribution is 0.563. The maximum Gasteiger partial charge on any atom is 0.159 e. The molecule has 1 spiro atoms. The van der Waals surface area contributed by atoms with Crippen molar-refractivity contribution in [3.8, 4) is 23.3 Å². The summed E-state index contributed by atoms with van der Waals surface area (Å²) in [6, 6.07) is 89.9. The number of nitrogens with zero attached hydrogens (tertiary/aromatic N) is 4. The fourth-order valence-electron chi connectivity index (χ4n) is 14.4. The maximum absolute atomic E-state index is 10.2. The van der Waals surface area contributed by atoms with Crippen LogP contribution < -0.4 is 9.80 Å². The van der Waals surface area contributed by atoms with Crippen LogP contribution in [0.5, 0.6) is 0 Å². The van der Waals surface area contributed by atoms with Gasteiger partial charge in [0, 0.05) is 54.7 Å². The van der Waals surface area contributed by atoms with Crippen LogP contribution in [-0.2, 0) is 10.8 Å². The van der Waals surface area contributed by atoms with Gasteiger partial charge in [0.2, 0.25) is 0 Å². The third-order valence-electron chi connectivity index (χ3n) is 18.0. The van der Waals surface area contributed by atoms with E-state index in [1.54, 1.807) is 0 Å². The summed E-state index contributed by atoms with van der Waals surface area (Å²) in [7, 11) is 0. The first kappa shape index (κ1) is 46.8. The molecule has 0 aliphatic heterocycles. The van der Waals surface area contributed by atoms with Gasteiger partial charge in [0.1, 0.15) is 22.3 Å². The number of hydrogen-bond donors (Lipinski definition) is 0. The van der Waals surface area contributed by atoms with E-state index < -0.39 is 10.8 Å². The lowest BCUT2D eigenvalue weighted by Crippen LogP contribution is -2.40. The molecular weight excluding hydrogens is 1020 g/mol. The Kier molecular flexibility index (Phi) is 9.69. The molecule has 0 radical (unpaired) electrons. The fourth-order valence-corrected chi connectivity index (χ4v) is 14.4. The van der Waals surface area contributed by atoms with E-state index in [0.29, 0.717) is 11.1 Å². The number of nitriles is 2. The van der Waals surface area contributed by atoms with Gasteiger partial charge >= 0.3 is 0 Å². The minimum atomic E-state index is -0.961. The van der Waals surface area contributed by atoms with Crippen LogP contribution in [0.25, 0.3) is 87.7 Å². The molecule has 7 heteroatoms. The number of rotatable bonds is 6. The molecule has 0 N–H and O–H groups in total. The number of hydrogen-bond acceptors (Lipinski definition) is 7. The van der Waals surface area contributed by atoms with Crippen molar-refractivity contribution in [2.75, 3.05) is 9.80 Å². The molecule has 3 aromatic heterocycles. The highest BCUT2D eigenvalue weighted by atomic mass is 16.3. The molecule has 0 amide bonds. The summed E-state index contributed by atoms with van der Waals surface area (Å²) in [6.07, 6.45) is 0. The van der Waals surface area contributed by atoms with E-state index in [2.05, 4.69) is 200 Å². The molecule has 0 atom stereocenters. The molecule has 7 nitrogen and oxygen atoms in total. The van der Waals surface area contributed by atoms with Crippen LogP contribution in [0.1, 0.15) is 58.4 Å². The second-order valence-electron chi connectivity index (χ2n) is 22.4. The molecule has 0 bridgehead atoms. The molecule has 83 heavy (non-hydrogen) atoms. The standard InChI is InChI=1S/C76H46N4O3/c1-75(2)56-24-8-10-26-58(56)76(59-27-11-9-25-57(59)75)60-41-64(79(47-37-33-45(43-77)34-38-47)62-28-15-22-53-50-18-5-12-30-66(50)81-72(53)62)49-17-3-4-20-52(49)69(60)71-61(76)42-65(70-55-21-7-14-32-68(55)83-74(70)71)80(48-39-35-46(44-78)36-40-48)63-29-16-23-54-51-19-6-13-31-67(51)82-73(54)63/h3-42H,1-2H3. The summed E-state index contributed by atoms with van der Waals surface area (Å²) in [6.45, 7) is 4.71. The minimum absolute atomic E-state index is 0.399. The van der Waals surface area contributed by atoms with Crippen molar-refractivity contribution in [2.45, 2.75) is 24.7 Å². The third-order valence-corrected chi connectivity index (χ3v) is 18.0. The Balaban J connectivity index is 1.07. The maximum atomic E-state index is 10.2. The van der Waals surface area contributed by atoms with Gasteiger partial charge in [-0.25, -0.2) is 0 Å². The molecule has 2 aliphatic carbocycles. The van der Waals surface area contributed by atoms with Crippen LogP contribution in [0.4, 0.5) is 34.1 Å². The molecule has 3 heterocycles. The van der Waals surface area contributed by atoms with Crippen molar-refractivity contribution >= 4 is 111 Å². The van der Waals surface area contributed by atoms with Crippen LogP contribution in [0.15, 0.2) is 256 Å². The second-order valence-corrected chi connectivity index (χ2v) is 22.4. The minimum Gasteiger partial charge on any atom is -0.455 e. The average Bonchev–Trinajstić information content (AvgIpc) is 2.07. The van der Waals surface area contributed by atoms with Crippen molar-refractivity contribution < 1.29 is 13.3 Å². The summed E-state index contributed by atoms with van der Waals surface area (Å²) in [5.74, 6) is 0. The zero-order chi connectivity index (χ0) is 55.3. The lowest BCUT2D eigenvalue weighted by atomic mass is 9.55. The van der Waals surface area contributed by atoms with E-state index in [9.17, 15) is 10.5 Å². The van der Waals surface area contributed by atoms with E-state index >= 15 is 0 Å². The zero-order valence-electron chi connectivity index (χ0n) is 45.1. The van der Waals surface area contributed by atoms with Gasteiger partial charge in [-0.1, -0.05) is 166 Å². The Hall–Kier alpha value is -11.1. The molecule has 15 aromatic rings. The Morgan fingerprint density at radius 2 is 0.723 bits per heavy atom. The smallest absolute Gasteiger partial charge is 0.159 e. The molecule has 0 saturated carbocycles. The number of fused-ring (bicyclic) bond motifs is 21. The van der Waals surface area contributed by atoms with Crippen molar-refractivity contribution in [1.82, 2.24) is 0 Å². The van der Waals surface area contributed by atoms with Gasteiger partial charge in [-0.05, 0) is 135 Å². The van der Waals surface area contributed by atoms with Crippen molar-refractivity contribution in [3.63, 3.8) is 0 Å². The normalized spacial score (nSPS) is 13.6. The SMILES string of the molecule is CC1(C)c2ccccc2C2(c3ccccc31)c1cc(N(c3ccc(C#N)cc3)c3cccc4c3oc3ccccc34)c3ccccc3c1-c1c2cc(N(c2ccc(C#N)cc2)c2cccc3c2oc2ccccc23)c2c1oc1ccccc12. The summed E-state index contributed by atoms with van der Waals surface area (Å²) in [4.78, 5) is 4.65. The second kappa shape index (κ2) is 17.2. The van der Waals surface area contributed by atoms with Crippen LogP contribution >= 0.6 is 0 Å². The van der Waals surface area contributed by atoms with Gasteiger partial charge in [0.15, 0.2) is 11.2 Å². The summed E-state index contributed by atoms with van der Waals surface area (Å²) < 4.78 is 21.5. The molecule has 388 valence electrons. The van der Waals surface area contributed by atoms with Crippen LogP contribution in [-0.4, -0.2) is 0 Å². The molecule has 0 fully saturated rings. The molecule has 2 aliphatic rings.